The molecule has 0 atom stereocenters. The Labute approximate surface area is 72.1 Å². The summed E-state index contributed by atoms with van der Waals surface area (Å²) in [4.78, 5) is 25.5. The number of nitrogens with zero attached hydrogens (tertiary/aromatic N) is 2. The van der Waals surface area contributed by atoms with Crippen LogP contribution < -0.4 is 0 Å². The molecule has 1 fully saturated rings. The summed E-state index contributed by atoms with van der Waals surface area (Å²) in [6.07, 6.45) is 0. The molecule has 0 aromatic heterocycles. The maximum Gasteiger partial charge on any atom is 0.312 e. The highest BCUT2D eigenvalue weighted by molar-refractivity contribution is 6.35. The minimum Gasteiger partial charge on any atom is -0.333 e. The first-order valence-electron chi connectivity index (χ1n) is 4.08. The van der Waals surface area contributed by atoms with Crippen LogP contribution in [0.1, 0.15) is 6.92 Å². The van der Waals surface area contributed by atoms with Crippen LogP contribution in [0.5, 0.6) is 0 Å². The minimum absolute atomic E-state index is 0.377. The molecule has 1 rings (SSSR count). The molecule has 0 bridgehead atoms. The molecule has 1 radical (unpaired) electrons. The van der Waals surface area contributed by atoms with E-state index in [1.54, 1.807) is 4.90 Å². The van der Waals surface area contributed by atoms with E-state index >= 15 is 0 Å². The molecule has 1 saturated heterocycles. The molecule has 1 aliphatic rings. The summed E-state index contributed by atoms with van der Waals surface area (Å²) in [6, 6.07) is 0. The Morgan fingerprint density at radius 3 is 2.25 bits per heavy atom. The molecule has 0 aromatic rings. The summed E-state index contributed by atoms with van der Waals surface area (Å²) >= 11 is 0. The average Bonchev–Trinajstić information content (AvgIpc) is 2.10. The second-order valence-electron chi connectivity index (χ2n) is 2.68. The van der Waals surface area contributed by atoms with Gasteiger partial charge >= 0.3 is 11.8 Å². The van der Waals surface area contributed by atoms with E-state index in [0.29, 0.717) is 26.2 Å². The lowest BCUT2D eigenvalue weighted by Crippen LogP contribution is -2.53. The SMILES string of the molecule is [CH2]CN1CCN(CC)C(=O)C1=O. The van der Waals surface area contributed by atoms with Crippen molar-refractivity contribution in [2.75, 3.05) is 26.2 Å². The summed E-state index contributed by atoms with van der Waals surface area (Å²) < 4.78 is 0. The van der Waals surface area contributed by atoms with Crippen molar-refractivity contribution in [3.8, 4) is 0 Å². The smallest absolute Gasteiger partial charge is 0.312 e. The van der Waals surface area contributed by atoms with Crippen LogP contribution in [0, 0.1) is 6.92 Å². The molecule has 4 nitrogen and oxygen atoms in total. The number of hydrogen-bond acceptors (Lipinski definition) is 2. The maximum atomic E-state index is 11.2. The highest BCUT2D eigenvalue weighted by atomic mass is 16.2. The Morgan fingerprint density at radius 2 is 1.75 bits per heavy atom. The zero-order valence-corrected chi connectivity index (χ0v) is 7.25. The van der Waals surface area contributed by atoms with Crippen molar-refractivity contribution in [1.29, 1.82) is 0 Å². The Kier molecular flexibility index (Phi) is 2.68. The van der Waals surface area contributed by atoms with Crippen molar-refractivity contribution < 1.29 is 9.59 Å². The Hall–Kier alpha value is -1.06. The number of carbonyl (C=O) groups is 2. The summed E-state index contributed by atoms with van der Waals surface area (Å²) in [5.74, 6) is -0.814. The van der Waals surface area contributed by atoms with E-state index in [0.717, 1.165) is 0 Å². The lowest BCUT2D eigenvalue weighted by atomic mass is 10.3. The molecule has 0 saturated carbocycles. The van der Waals surface area contributed by atoms with Gasteiger partial charge in [-0.3, -0.25) is 9.59 Å². The molecule has 0 aliphatic carbocycles. The number of hydrogen-bond donors (Lipinski definition) is 0. The van der Waals surface area contributed by atoms with Crippen LogP contribution in [0.25, 0.3) is 0 Å². The van der Waals surface area contributed by atoms with E-state index in [2.05, 4.69) is 6.92 Å². The van der Waals surface area contributed by atoms with Gasteiger partial charge in [0.25, 0.3) is 0 Å². The van der Waals surface area contributed by atoms with Crippen LogP contribution >= 0.6 is 0 Å². The topological polar surface area (TPSA) is 40.6 Å². The number of piperazine rings is 1. The molecular formula is C8H13N2O2. The van der Waals surface area contributed by atoms with Crippen LogP contribution in [-0.4, -0.2) is 47.8 Å². The van der Waals surface area contributed by atoms with E-state index in [4.69, 9.17) is 0 Å². The van der Waals surface area contributed by atoms with Crippen molar-refractivity contribution in [1.82, 2.24) is 9.80 Å². The van der Waals surface area contributed by atoms with Crippen LogP contribution in [0.4, 0.5) is 0 Å². The molecule has 0 N–H and O–H groups in total. The van der Waals surface area contributed by atoms with Gasteiger partial charge in [0.05, 0.1) is 0 Å². The standard InChI is InChI=1S/C8H13N2O2/c1-3-9-5-6-10(4-2)8(12)7(9)11/h1,3-6H2,2H3. The van der Waals surface area contributed by atoms with Crippen molar-refractivity contribution in [3.05, 3.63) is 6.92 Å². The van der Waals surface area contributed by atoms with E-state index in [-0.39, 0.29) is 0 Å². The van der Waals surface area contributed by atoms with Crippen molar-refractivity contribution in [3.63, 3.8) is 0 Å². The number of rotatable bonds is 2. The molecule has 0 aromatic carbocycles. The van der Waals surface area contributed by atoms with Gasteiger partial charge in [0, 0.05) is 26.2 Å². The van der Waals surface area contributed by atoms with Crippen LogP contribution in [-0.2, 0) is 9.59 Å². The van der Waals surface area contributed by atoms with Gasteiger partial charge in [0.1, 0.15) is 0 Å². The van der Waals surface area contributed by atoms with Gasteiger partial charge < -0.3 is 9.80 Å². The van der Waals surface area contributed by atoms with Gasteiger partial charge in [-0.2, -0.15) is 0 Å². The minimum atomic E-state index is -0.418. The van der Waals surface area contributed by atoms with Gasteiger partial charge in [0.2, 0.25) is 0 Å². The molecule has 2 amide bonds. The first-order chi connectivity index (χ1) is 5.70. The van der Waals surface area contributed by atoms with Crippen LogP contribution in [0.2, 0.25) is 0 Å². The van der Waals surface area contributed by atoms with Gasteiger partial charge in [-0.1, -0.05) is 0 Å². The lowest BCUT2D eigenvalue weighted by molar-refractivity contribution is -0.155. The lowest BCUT2D eigenvalue weighted by Gasteiger charge is -2.32. The Morgan fingerprint density at radius 1 is 1.25 bits per heavy atom. The first-order valence-corrected chi connectivity index (χ1v) is 4.08. The zero-order valence-electron chi connectivity index (χ0n) is 7.25. The van der Waals surface area contributed by atoms with Crippen LogP contribution in [0.15, 0.2) is 0 Å². The fourth-order valence-electron chi connectivity index (χ4n) is 1.23. The fraction of sp³-hybridized carbons (Fsp3) is 0.625. The number of amides is 2. The highest BCUT2D eigenvalue weighted by Crippen LogP contribution is 2.03. The zero-order chi connectivity index (χ0) is 9.14. The predicted octanol–water partition coefficient (Wildman–Crippen LogP) is -0.489. The van der Waals surface area contributed by atoms with Gasteiger partial charge in [-0.15, -0.1) is 0 Å². The van der Waals surface area contributed by atoms with Crippen molar-refractivity contribution in [2.45, 2.75) is 6.92 Å². The van der Waals surface area contributed by atoms with Gasteiger partial charge in [-0.05, 0) is 13.8 Å². The summed E-state index contributed by atoms with van der Waals surface area (Å²) in [6.45, 7) is 7.68. The average molecular weight is 169 g/mol. The molecule has 0 spiro atoms. The third-order valence-corrected chi connectivity index (χ3v) is 2.05. The quantitative estimate of drug-likeness (QED) is 0.523. The molecule has 67 valence electrons. The second kappa shape index (κ2) is 3.56. The molecule has 4 heteroatoms. The Bertz CT molecular complexity index is 181. The van der Waals surface area contributed by atoms with E-state index in [1.807, 2.05) is 6.92 Å². The van der Waals surface area contributed by atoms with E-state index in [9.17, 15) is 9.59 Å². The highest BCUT2D eigenvalue weighted by Gasteiger charge is 2.30. The number of likely N-dealkylation sites (N-methyl/N-ethyl adjacent to an activating group) is 1. The van der Waals surface area contributed by atoms with Crippen molar-refractivity contribution in [2.24, 2.45) is 0 Å². The summed E-state index contributed by atoms with van der Waals surface area (Å²) in [5, 5.41) is 0. The third-order valence-electron chi connectivity index (χ3n) is 2.05. The van der Waals surface area contributed by atoms with Gasteiger partial charge in [-0.25, -0.2) is 0 Å². The third kappa shape index (κ3) is 1.42. The van der Waals surface area contributed by atoms with E-state index in [1.165, 1.54) is 4.90 Å². The molecular weight excluding hydrogens is 156 g/mol. The normalized spacial score (nSPS) is 18.8. The first kappa shape index (κ1) is 9.03. The van der Waals surface area contributed by atoms with Crippen molar-refractivity contribution >= 4 is 11.8 Å². The maximum absolute atomic E-state index is 11.2. The molecule has 1 aliphatic heterocycles. The monoisotopic (exact) mass is 169 g/mol. The fourth-order valence-corrected chi connectivity index (χ4v) is 1.23. The van der Waals surface area contributed by atoms with Gasteiger partial charge in [0.15, 0.2) is 0 Å². The molecule has 12 heavy (non-hydrogen) atoms. The largest absolute Gasteiger partial charge is 0.333 e. The Balaban J connectivity index is 2.65. The van der Waals surface area contributed by atoms with E-state index < -0.39 is 11.8 Å². The summed E-state index contributed by atoms with van der Waals surface area (Å²) in [5.41, 5.74) is 0. The van der Waals surface area contributed by atoms with Crippen LogP contribution in [0.3, 0.4) is 0 Å². The second-order valence-corrected chi connectivity index (χ2v) is 2.68. The molecule has 0 unspecified atom stereocenters. The molecule has 1 heterocycles. The summed E-state index contributed by atoms with van der Waals surface area (Å²) in [7, 11) is 0. The number of carbonyl (C=O) groups excluding carboxylic acids is 2. The predicted molar refractivity (Wildman–Crippen MR) is 44.2 cm³/mol.